The average molecular weight is 493 g/mol. The first kappa shape index (κ1) is 21.3. The molecule has 1 saturated heterocycles. The monoisotopic (exact) mass is 492 g/mol. The van der Waals surface area contributed by atoms with E-state index < -0.39 is 17.1 Å². The number of para-hydroxylation sites is 1. The van der Waals surface area contributed by atoms with Crippen LogP contribution in [-0.4, -0.2) is 44.2 Å². The third kappa shape index (κ3) is 2.56. The number of H-pyrrole nitrogens is 1. The van der Waals surface area contributed by atoms with E-state index in [9.17, 15) is 15.0 Å². The number of aromatic nitrogens is 1. The van der Waals surface area contributed by atoms with Gasteiger partial charge in [-0.2, -0.15) is 0 Å². The maximum absolute atomic E-state index is 13.7. The zero-order valence-corrected chi connectivity index (χ0v) is 20.4. The van der Waals surface area contributed by atoms with Crippen molar-refractivity contribution in [3.63, 3.8) is 0 Å². The zero-order chi connectivity index (χ0) is 24.9. The van der Waals surface area contributed by atoms with Crippen molar-refractivity contribution in [2.45, 2.75) is 55.3 Å². The number of rotatable bonds is 3. The van der Waals surface area contributed by atoms with Crippen molar-refractivity contribution in [3.05, 3.63) is 94.7 Å². The highest BCUT2D eigenvalue weighted by Crippen LogP contribution is 2.69. The second kappa shape index (κ2) is 7.17. The number of piperidine rings is 1. The Hall–Kier alpha value is -3.77. The molecular formula is C31H28N2O4. The summed E-state index contributed by atoms with van der Waals surface area (Å²) in [4.78, 5) is 19.2. The molecule has 4 aromatic rings. The molecule has 3 aromatic carbocycles. The molecule has 4 atom stereocenters. The number of phenols is 1. The molecule has 0 radical (unpaired) electrons. The van der Waals surface area contributed by atoms with Crippen LogP contribution >= 0.6 is 0 Å². The largest absolute Gasteiger partial charge is 0.504 e. The van der Waals surface area contributed by atoms with E-state index in [2.05, 4.69) is 29.2 Å². The summed E-state index contributed by atoms with van der Waals surface area (Å²) in [6, 6.07) is 21.5. The number of ether oxygens (including phenoxy) is 1. The van der Waals surface area contributed by atoms with Crippen molar-refractivity contribution >= 4 is 16.8 Å². The molecule has 6 heteroatoms. The van der Waals surface area contributed by atoms with Crippen molar-refractivity contribution in [2.75, 3.05) is 6.54 Å². The smallest absolute Gasteiger partial charge is 0.223 e. The Labute approximate surface area is 214 Å². The molecule has 186 valence electrons. The number of hydrogen-bond acceptors (Lipinski definition) is 4. The molecule has 0 unspecified atom stereocenters. The second-order valence-electron chi connectivity index (χ2n) is 11.1. The van der Waals surface area contributed by atoms with Crippen molar-refractivity contribution < 1.29 is 19.7 Å². The molecule has 2 bridgehead atoms. The molecule has 0 saturated carbocycles. The molecule has 8 rings (SSSR count). The van der Waals surface area contributed by atoms with Crippen LogP contribution in [-0.2, 0) is 29.5 Å². The Bertz CT molecular complexity index is 1590. The van der Waals surface area contributed by atoms with Gasteiger partial charge in [-0.1, -0.05) is 54.6 Å². The molecule has 1 aromatic heterocycles. The highest BCUT2D eigenvalue weighted by Gasteiger charge is 2.73. The standard InChI is InChI=1S/C31H28N2O4/c34-23-12-11-19-16-24-31(36)17-21-20-8-4-5-9-22(20)32-27(21)29-30(31,26(19)28(23)37-29)14-15-33(24)25(35)13-10-18-6-2-1-3-7-18/h1-9,11-12,24,29,32,34,36H,10,13-17H2/t24-,29+,30+,31-/m1/s1. The fourth-order valence-electron chi connectivity index (χ4n) is 7.98. The first-order valence-corrected chi connectivity index (χ1v) is 13.2. The van der Waals surface area contributed by atoms with Gasteiger partial charge in [0.25, 0.3) is 0 Å². The molecule has 2 aliphatic carbocycles. The summed E-state index contributed by atoms with van der Waals surface area (Å²) in [6.07, 6.45) is 2.22. The van der Waals surface area contributed by atoms with Gasteiger partial charge in [0.2, 0.25) is 5.91 Å². The number of carbonyl (C=O) groups is 1. The Morgan fingerprint density at radius 1 is 1.08 bits per heavy atom. The van der Waals surface area contributed by atoms with E-state index >= 15 is 0 Å². The van der Waals surface area contributed by atoms with E-state index in [1.807, 2.05) is 41.3 Å². The molecule has 2 aliphatic heterocycles. The van der Waals surface area contributed by atoms with E-state index in [0.717, 1.165) is 38.9 Å². The number of nitrogens with zero attached hydrogens (tertiary/aromatic N) is 1. The van der Waals surface area contributed by atoms with E-state index in [4.69, 9.17) is 4.74 Å². The van der Waals surface area contributed by atoms with Gasteiger partial charge in [0, 0.05) is 35.9 Å². The normalized spacial score (nSPS) is 28.5. The van der Waals surface area contributed by atoms with E-state index in [1.165, 1.54) is 0 Å². The summed E-state index contributed by atoms with van der Waals surface area (Å²) >= 11 is 0. The summed E-state index contributed by atoms with van der Waals surface area (Å²) in [7, 11) is 0. The van der Waals surface area contributed by atoms with Gasteiger partial charge < -0.3 is 24.8 Å². The molecule has 1 amide bonds. The summed E-state index contributed by atoms with van der Waals surface area (Å²) in [5.41, 5.74) is 4.27. The van der Waals surface area contributed by atoms with Crippen molar-refractivity contribution in [2.24, 2.45) is 0 Å². The molecule has 1 spiro atoms. The lowest BCUT2D eigenvalue weighted by atomic mass is 9.49. The number of benzene rings is 3. The SMILES string of the molecule is O=C(CCc1ccccc1)N1CC[C@]23c4c5ccc(O)c4O[C@H]2c2[nH]c4ccccc4c2C[C@@]3(O)[C@H]1C5. The highest BCUT2D eigenvalue weighted by atomic mass is 16.5. The maximum Gasteiger partial charge on any atom is 0.223 e. The number of fused-ring (bicyclic) bond motifs is 4. The number of aryl methyl sites for hydroxylation is 1. The van der Waals surface area contributed by atoms with Crippen LogP contribution in [0, 0.1) is 0 Å². The van der Waals surface area contributed by atoms with E-state index in [0.29, 0.717) is 44.4 Å². The van der Waals surface area contributed by atoms with Crippen LogP contribution in [0.15, 0.2) is 66.7 Å². The minimum Gasteiger partial charge on any atom is -0.504 e. The number of aliphatic hydroxyl groups is 1. The lowest BCUT2D eigenvalue weighted by molar-refractivity contribution is -0.182. The number of aromatic hydroxyl groups is 1. The molecule has 37 heavy (non-hydrogen) atoms. The molecular weight excluding hydrogens is 464 g/mol. The summed E-state index contributed by atoms with van der Waals surface area (Å²) in [6.45, 7) is 0.560. The Balaban J connectivity index is 1.27. The van der Waals surface area contributed by atoms with Gasteiger partial charge in [-0.3, -0.25) is 4.79 Å². The fraction of sp³-hybridized carbons (Fsp3) is 0.323. The average Bonchev–Trinajstić information content (AvgIpc) is 3.45. The third-order valence-corrected chi connectivity index (χ3v) is 9.56. The van der Waals surface area contributed by atoms with Gasteiger partial charge >= 0.3 is 0 Å². The lowest BCUT2D eigenvalue weighted by Gasteiger charge is -2.62. The summed E-state index contributed by atoms with van der Waals surface area (Å²) in [5, 5.41) is 24.8. The van der Waals surface area contributed by atoms with Crippen LogP contribution in [0.2, 0.25) is 0 Å². The second-order valence-corrected chi connectivity index (χ2v) is 11.1. The Morgan fingerprint density at radius 3 is 2.76 bits per heavy atom. The van der Waals surface area contributed by atoms with E-state index in [-0.39, 0.29) is 17.7 Å². The summed E-state index contributed by atoms with van der Waals surface area (Å²) < 4.78 is 6.59. The Morgan fingerprint density at radius 2 is 1.89 bits per heavy atom. The quantitative estimate of drug-likeness (QED) is 0.398. The number of likely N-dealkylation sites (tertiary alicyclic amines) is 1. The van der Waals surface area contributed by atoms with Gasteiger partial charge in [0.05, 0.1) is 17.2 Å². The number of phenolic OH excluding ortho intramolecular Hbond substituents is 1. The molecule has 4 aliphatic rings. The molecule has 3 N–H and O–H groups in total. The first-order valence-electron chi connectivity index (χ1n) is 13.2. The number of carbonyl (C=O) groups excluding carboxylic acids is 1. The van der Waals surface area contributed by atoms with Gasteiger partial charge in [-0.05, 0) is 48.1 Å². The van der Waals surface area contributed by atoms with E-state index in [1.54, 1.807) is 6.07 Å². The number of amides is 1. The predicted octanol–water partition coefficient (Wildman–Crippen LogP) is 4.32. The van der Waals surface area contributed by atoms with Crippen LogP contribution in [0.3, 0.4) is 0 Å². The topological polar surface area (TPSA) is 85.8 Å². The van der Waals surface area contributed by atoms with Gasteiger partial charge in [-0.15, -0.1) is 0 Å². The van der Waals surface area contributed by atoms with Crippen LogP contribution < -0.4 is 4.74 Å². The number of hydrogen-bond donors (Lipinski definition) is 3. The van der Waals surface area contributed by atoms with Gasteiger partial charge in [0.15, 0.2) is 17.6 Å². The van der Waals surface area contributed by atoms with Crippen molar-refractivity contribution in [3.8, 4) is 11.5 Å². The highest BCUT2D eigenvalue weighted by molar-refractivity contribution is 5.86. The Kier molecular flexibility index (Phi) is 4.13. The molecule has 6 nitrogen and oxygen atoms in total. The van der Waals surface area contributed by atoms with Gasteiger partial charge in [0.1, 0.15) is 5.60 Å². The number of aromatic amines is 1. The van der Waals surface area contributed by atoms with Crippen LogP contribution in [0.5, 0.6) is 11.5 Å². The summed E-state index contributed by atoms with van der Waals surface area (Å²) in [5.74, 6) is 0.692. The number of nitrogens with one attached hydrogen (secondary N) is 1. The van der Waals surface area contributed by atoms with Gasteiger partial charge in [-0.25, -0.2) is 0 Å². The lowest BCUT2D eigenvalue weighted by Crippen LogP contribution is -2.75. The minimum atomic E-state index is -1.21. The van der Waals surface area contributed by atoms with Crippen LogP contribution in [0.1, 0.15) is 46.9 Å². The third-order valence-electron chi connectivity index (χ3n) is 9.56. The van der Waals surface area contributed by atoms with Crippen LogP contribution in [0.4, 0.5) is 0 Å². The van der Waals surface area contributed by atoms with Crippen molar-refractivity contribution in [1.29, 1.82) is 0 Å². The van der Waals surface area contributed by atoms with Crippen LogP contribution in [0.25, 0.3) is 10.9 Å². The predicted molar refractivity (Wildman–Crippen MR) is 139 cm³/mol. The fourth-order valence-corrected chi connectivity index (χ4v) is 7.98. The van der Waals surface area contributed by atoms with Crippen molar-refractivity contribution in [1.82, 2.24) is 9.88 Å². The molecule has 3 heterocycles. The molecule has 1 fully saturated rings. The minimum absolute atomic E-state index is 0.0831. The maximum atomic E-state index is 13.7. The first-order chi connectivity index (χ1) is 18.0. The zero-order valence-electron chi connectivity index (χ0n) is 20.4.